The second-order valence-electron chi connectivity index (χ2n) is 8.36. The summed E-state index contributed by atoms with van der Waals surface area (Å²) in [5.41, 5.74) is 3.97. The van der Waals surface area contributed by atoms with Gasteiger partial charge in [0.05, 0.1) is 19.1 Å². The van der Waals surface area contributed by atoms with Crippen LogP contribution in [-0.4, -0.2) is 35.9 Å². The highest BCUT2D eigenvalue weighted by Gasteiger charge is 2.33. The zero-order valence-corrected chi connectivity index (χ0v) is 21.6. The lowest BCUT2D eigenvalue weighted by Gasteiger charge is -2.26. The van der Waals surface area contributed by atoms with Crippen molar-refractivity contribution in [3.8, 4) is 17.2 Å². The molecule has 5 rings (SSSR count). The van der Waals surface area contributed by atoms with Crippen molar-refractivity contribution in [2.75, 3.05) is 20.8 Å². The van der Waals surface area contributed by atoms with Crippen molar-refractivity contribution in [3.63, 3.8) is 0 Å². The van der Waals surface area contributed by atoms with Gasteiger partial charge >= 0.3 is 0 Å². The Labute approximate surface area is 220 Å². The van der Waals surface area contributed by atoms with Crippen molar-refractivity contribution in [1.29, 1.82) is 0 Å². The molecule has 182 valence electrons. The molecule has 1 atom stereocenters. The van der Waals surface area contributed by atoms with Crippen LogP contribution < -0.4 is 14.2 Å². The number of para-hydroxylation sites is 1. The van der Waals surface area contributed by atoms with Crippen molar-refractivity contribution < 1.29 is 19.0 Å². The molecule has 0 aromatic heterocycles. The van der Waals surface area contributed by atoms with E-state index >= 15 is 0 Å². The maximum atomic E-state index is 13.4. The number of hydrogen-bond acceptors (Lipinski definition) is 6. The molecule has 1 unspecified atom stereocenters. The van der Waals surface area contributed by atoms with Gasteiger partial charge in [-0.15, -0.1) is 0 Å². The molecule has 0 spiro atoms. The fraction of sp³-hybridized carbons (Fsp3) is 0.172. The Kier molecular flexibility index (Phi) is 7.11. The van der Waals surface area contributed by atoms with Gasteiger partial charge in [0, 0.05) is 12.1 Å². The van der Waals surface area contributed by atoms with Crippen LogP contribution >= 0.6 is 24.0 Å². The molecule has 3 aromatic rings. The van der Waals surface area contributed by atoms with Crippen LogP contribution in [0.1, 0.15) is 22.8 Å². The van der Waals surface area contributed by atoms with Gasteiger partial charge in [0.15, 0.2) is 11.5 Å². The Hall–Kier alpha value is -3.55. The number of rotatable bonds is 7. The zero-order chi connectivity index (χ0) is 25.1. The Bertz CT molecular complexity index is 1370. The number of hydrogen-bond donors (Lipinski definition) is 0. The van der Waals surface area contributed by atoms with Gasteiger partial charge in [-0.1, -0.05) is 78.6 Å². The van der Waals surface area contributed by atoms with E-state index in [1.807, 2.05) is 78.9 Å². The molecule has 0 radical (unpaired) electrons. The van der Waals surface area contributed by atoms with Gasteiger partial charge in [-0.3, -0.25) is 9.69 Å². The molecule has 0 N–H and O–H groups in total. The third-order valence-electron chi connectivity index (χ3n) is 6.13. The number of carbonyl (C=O) groups excluding carboxylic acids is 1. The first-order valence-corrected chi connectivity index (χ1v) is 12.8. The first kappa shape index (κ1) is 24.2. The number of thioether (sulfide) groups is 1. The van der Waals surface area contributed by atoms with E-state index in [0.29, 0.717) is 33.7 Å². The maximum absolute atomic E-state index is 13.4. The first-order valence-electron chi connectivity index (χ1n) is 11.6. The molecule has 1 fully saturated rings. The molecule has 1 amide bonds. The van der Waals surface area contributed by atoms with E-state index in [2.05, 4.69) is 6.08 Å². The molecule has 36 heavy (non-hydrogen) atoms. The third-order valence-corrected chi connectivity index (χ3v) is 7.51. The number of ether oxygens (including phenoxy) is 3. The van der Waals surface area contributed by atoms with Gasteiger partial charge in [-0.25, -0.2) is 0 Å². The summed E-state index contributed by atoms with van der Waals surface area (Å²) < 4.78 is 17.6. The molecule has 0 bridgehead atoms. The fourth-order valence-electron chi connectivity index (χ4n) is 4.28. The average molecular weight is 516 g/mol. The van der Waals surface area contributed by atoms with E-state index < -0.39 is 0 Å². The van der Waals surface area contributed by atoms with Gasteiger partial charge in [0.2, 0.25) is 0 Å². The topological polar surface area (TPSA) is 48.0 Å². The highest BCUT2D eigenvalue weighted by atomic mass is 32.2. The molecule has 3 aromatic carbocycles. The van der Waals surface area contributed by atoms with Gasteiger partial charge in [0.25, 0.3) is 5.91 Å². The molecular formula is C29H25NO4S2. The second kappa shape index (κ2) is 10.6. The first-order chi connectivity index (χ1) is 17.6. The summed E-state index contributed by atoms with van der Waals surface area (Å²) in [6.07, 6.45) is 4.35. The van der Waals surface area contributed by atoms with Gasteiger partial charge in [0.1, 0.15) is 16.2 Å². The number of amides is 1. The summed E-state index contributed by atoms with van der Waals surface area (Å²) in [4.78, 5) is 15.6. The summed E-state index contributed by atoms with van der Waals surface area (Å²) in [6.45, 7) is 0.484. The largest absolute Gasteiger partial charge is 0.493 e. The van der Waals surface area contributed by atoms with Crippen LogP contribution in [0.15, 0.2) is 89.4 Å². The van der Waals surface area contributed by atoms with Gasteiger partial charge in [-0.05, 0) is 53.5 Å². The zero-order valence-electron chi connectivity index (χ0n) is 20.0. The van der Waals surface area contributed by atoms with E-state index in [-0.39, 0.29) is 12.0 Å². The van der Waals surface area contributed by atoms with Crippen molar-refractivity contribution in [3.05, 3.63) is 106 Å². The summed E-state index contributed by atoms with van der Waals surface area (Å²) >= 11 is 6.91. The normalized spacial score (nSPS) is 18.1. The number of fused-ring (bicyclic) bond motifs is 1. The van der Waals surface area contributed by atoms with E-state index in [1.54, 1.807) is 19.1 Å². The third kappa shape index (κ3) is 4.90. The molecule has 2 heterocycles. The molecule has 2 aliphatic heterocycles. The maximum Gasteiger partial charge on any atom is 0.266 e. The smallest absolute Gasteiger partial charge is 0.266 e. The lowest BCUT2D eigenvalue weighted by Crippen LogP contribution is -2.30. The Balaban J connectivity index is 1.38. The molecule has 1 saturated heterocycles. The molecular weight excluding hydrogens is 490 g/mol. The predicted octanol–water partition coefficient (Wildman–Crippen LogP) is 6.21. The number of carbonyl (C=O) groups is 1. The minimum atomic E-state index is -0.309. The van der Waals surface area contributed by atoms with Crippen LogP contribution in [0.4, 0.5) is 0 Å². The Morgan fingerprint density at radius 1 is 1.00 bits per heavy atom. The minimum absolute atomic E-state index is 0.0861. The number of thiocarbonyl (C=S) groups is 1. The molecule has 2 aliphatic rings. The van der Waals surface area contributed by atoms with Crippen molar-refractivity contribution in [2.45, 2.75) is 12.5 Å². The molecule has 5 nitrogen and oxygen atoms in total. The van der Waals surface area contributed by atoms with E-state index in [0.717, 1.165) is 28.0 Å². The highest BCUT2D eigenvalue weighted by Crippen LogP contribution is 2.41. The lowest BCUT2D eigenvalue weighted by molar-refractivity contribution is -0.122. The summed E-state index contributed by atoms with van der Waals surface area (Å²) in [5.74, 6) is 2.08. The minimum Gasteiger partial charge on any atom is -0.493 e. The van der Waals surface area contributed by atoms with Crippen LogP contribution in [0.3, 0.4) is 0 Å². The van der Waals surface area contributed by atoms with Crippen LogP contribution in [0.2, 0.25) is 0 Å². The summed E-state index contributed by atoms with van der Waals surface area (Å²) in [5, 5.41) is 0. The monoisotopic (exact) mass is 515 g/mol. The molecule has 0 saturated carbocycles. The van der Waals surface area contributed by atoms with Gasteiger partial charge < -0.3 is 14.2 Å². The Morgan fingerprint density at radius 2 is 1.75 bits per heavy atom. The number of benzene rings is 3. The van der Waals surface area contributed by atoms with Gasteiger partial charge in [-0.2, -0.15) is 0 Å². The fourth-order valence-corrected chi connectivity index (χ4v) is 5.59. The highest BCUT2D eigenvalue weighted by molar-refractivity contribution is 8.26. The standard InChI is InChI=1S/C29H25NO4S2/c1-32-24-13-12-19(16-25(24)33-2)14-15-30-28(31)26(36-29(30)35)18-22-17-21-10-6-7-11-23(21)34-27(22)20-8-4-3-5-9-20/h3-13,16-18,27H,14-15H2,1-2H3. The van der Waals surface area contributed by atoms with Crippen molar-refractivity contribution in [2.24, 2.45) is 0 Å². The lowest BCUT2D eigenvalue weighted by atomic mass is 9.95. The van der Waals surface area contributed by atoms with E-state index in [4.69, 9.17) is 26.4 Å². The second-order valence-corrected chi connectivity index (χ2v) is 10.0. The van der Waals surface area contributed by atoms with Crippen LogP contribution in [0.5, 0.6) is 17.2 Å². The predicted molar refractivity (Wildman–Crippen MR) is 147 cm³/mol. The van der Waals surface area contributed by atoms with Crippen molar-refractivity contribution >= 4 is 40.3 Å². The molecule has 0 aliphatic carbocycles. The van der Waals surface area contributed by atoms with Crippen LogP contribution in [0, 0.1) is 0 Å². The van der Waals surface area contributed by atoms with Crippen molar-refractivity contribution in [1.82, 2.24) is 4.90 Å². The van der Waals surface area contributed by atoms with Crippen LogP contribution in [0.25, 0.3) is 6.08 Å². The number of methoxy groups -OCH3 is 2. The summed E-state index contributed by atoms with van der Waals surface area (Å²) in [6, 6.07) is 23.7. The van der Waals surface area contributed by atoms with E-state index in [9.17, 15) is 4.79 Å². The molecule has 7 heteroatoms. The quantitative estimate of drug-likeness (QED) is 0.276. The number of nitrogens with zero attached hydrogens (tertiary/aromatic N) is 1. The SMILES string of the molecule is COc1ccc(CCN2C(=O)C(=CC3=Cc4ccccc4OC3c3ccccc3)SC2=S)cc1OC. The Morgan fingerprint density at radius 3 is 2.53 bits per heavy atom. The summed E-state index contributed by atoms with van der Waals surface area (Å²) in [7, 11) is 3.22. The van der Waals surface area contributed by atoms with E-state index in [1.165, 1.54) is 11.8 Å². The average Bonchev–Trinajstić information content (AvgIpc) is 3.18. The van der Waals surface area contributed by atoms with Crippen LogP contribution in [-0.2, 0) is 11.2 Å².